The van der Waals surface area contributed by atoms with E-state index in [1.54, 1.807) is 12.1 Å². The summed E-state index contributed by atoms with van der Waals surface area (Å²) in [7, 11) is 0. The van der Waals surface area contributed by atoms with Gasteiger partial charge >= 0.3 is 11.9 Å². The van der Waals surface area contributed by atoms with Crippen LogP contribution in [0.15, 0.2) is 59.8 Å². The first-order valence-corrected chi connectivity index (χ1v) is 11.0. The molecule has 0 aromatic heterocycles. The first-order chi connectivity index (χ1) is 17.7. The minimum Gasteiger partial charge on any atom is -0.504 e. The molecule has 2 atom stereocenters. The normalized spacial score (nSPS) is 15.1. The smallest absolute Gasteiger partial charge is 0.345 e. The van der Waals surface area contributed by atoms with E-state index in [9.17, 15) is 40.0 Å². The van der Waals surface area contributed by atoms with Gasteiger partial charge in [0.15, 0.2) is 28.7 Å². The molecule has 0 bridgehead atoms. The highest BCUT2D eigenvalue weighted by Gasteiger charge is 2.30. The maximum atomic E-state index is 12.4. The van der Waals surface area contributed by atoms with E-state index in [1.807, 2.05) is 0 Å². The van der Waals surface area contributed by atoms with Gasteiger partial charge in [-0.2, -0.15) is 0 Å². The van der Waals surface area contributed by atoms with E-state index in [-0.39, 0.29) is 41.5 Å². The van der Waals surface area contributed by atoms with E-state index in [1.165, 1.54) is 42.5 Å². The molecule has 4 rings (SSSR count). The number of nitroso groups, excluding NO2 is 1. The van der Waals surface area contributed by atoms with Crippen molar-refractivity contribution >= 4 is 23.7 Å². The first kappa shape index (κ1) is 25.0. The lowest BCUT2D eigenvalue weighted by Crippen LogP contribution is -2.28. The van der Waals surface area contributed by atoms with Crippen LogP contribution in [0.5, 0.6) is 28.7 Å². The summed E-state index contributed by atoms with van der Waals surface area (Å²) in [6, 6.07) is 10.9. The number of aliphatic carboxylic acids is 1. The highest BCUT2D eigenvalue weighted by molar-refractivity contribution is 5.90. The van der Waals surface area contributed by atoms with Crippen LogP contribution in [-0.2, 0) is 27.2 Å². The molecule has 37 heavy (non-hydrogen) atoms. The molecule has 0 unspecified atom stereocenters. The number of phenols is 4. The van der Waals surface area contributed by atoms with E-state index < -0.39 is 29.9 Å². The minimum atomic E-state index is -1.55. The standard InChI is InChI=1S/C26H21NO10/c28-18-6-1-13(9-20(18)30)10-23(26(33)34)36-24(32)8-4-14-2-5-17(27-35)25-16(14)12-22(37-25)15-3-7-19(29)21(31)11-15/h1-9,11,22-23,28-31H,10,12H2,(H,33,34)/b8-4+/t22-,23+/m0/s1. The lowest BCUT2D eigenvalue weighted by atomic mass is 9.98. The average Bonchev–Trinajstić information content (AvgIpc) is 3.32. The van der Waals surface area contributed by atoms with Crippen LogP contribution in [0.1, 0.15) is 28.4 Å². The Balaban J connectivity index is 1.51. The van der Waals surface area contributed by atoms with Crippen LogP contribution in [0, 0.1) is 4.91 Å². The molecule has 0 saturated carbocycles. The van der Waals surface area contributed by atoms with Crippen LogP contribution in [0.3, 0.4) is 0 Å². The van der Waals surface area contributed by atoms with E-state index >= 15 is 0 Å². The number of hydrogen-bond donors (Lipinski definition) is 5. The minimum absolute atomic E-state index is 0.0447. The molecule has 0 aliphatic carbocycles. The van der Waals surface area contributed by atoms with Crippen molar-refractivity contribution in [3.05, 3.63) is 81.8 Å². The summed E-state index contributed by atoms with van der Waals surface area (Å²) in [6.45, 7) is 0. The third kappa shape index (κ3) is 5.45. The molecule has 3 aromatic carbocycles. The summed E-state index contributed by atoms with van der Waals surface area (Å²) in [6.07, 6.45) is 0.297. The average molecular weight is 507 g/mol. The topological polar surface area (TPSA) is 183 Å². The third-order valence-electron chi connectivity index (χ3n) is 5.79. The van der Waals surface area contributed by atoms with Crippen molar-refractivity contribution < 1.29 is 44.6 Å². The van der Waals surface area contributed by atoms with Crippen LogP contribution < -0.4 is 4.74 Å². The maximum Gasteiger partial charge on any atom is 0.345 e. The summed E-state index contributed by atoms with van der Waals surface area (Å²) in [4.78, 5) is 35.3. The van der Waals surface area contributed by atoms with Crippen LogP contribution in [0.2, 0.25) is 0 Å². The molecule has 1 aliphatic rings. The summed E-state index contributed by atoms with van der Waals surface area (Å²) >= 11 is 0. The Morgan fingerprint density at radius 2 is 1.70 bits per heavy atom. The van der Waals surface area contributed by atoms with Crippen molar-refractivity contribution in [2.75, 3.05) is 0 Å². The molecule has 0 radical (unpaired) electrons. The van der Waals surface area contributed by atoms with Crippen molar-refractivity contribution in [2.45, 2.75) is 25.0 Å². The largest absolute Gasteiger partial charge is 0.504 e. The van der Waals surface area contributed by atoms with Gasteiger partial charge in [-0.1, -0.05) is 18.2 Å². The van der Waals surface area contributed by atoms with Gasteiger partial charge < -0.3 is 35.0 Å². The SMILES string of the molecule is O=Nc1ccc(/C=C/C(=O)O[C@H](Cc2ccc(O)c(O)c2)C(=O)O)c2c1O[C@H](c1ccc(O)c(O)c1)C2. The Bertz CT molecular complexity index is 1410. The molecule has 1 heterocycles. The Morgan fingerprint density at radius 3 is 2.35 bits per heavy atom. The fourth-order valence-corrected chi connectivity index (χ4v) is 3.92. The molecule has 11 heteroatoms. The lowest BCUT2D eigenvalue weighted by Gasteiger charge is -2.13. The highest BCUT2D eigenvalue weighted by Crippen LogP contribution is 2.46. The fourth-order valence-electron chi connectivity index (χ4n) is 3.92. The van der Waals surface area contributed by atoms with Crippen LogP contribution in [0.4, 0.5) is 5.69 Å². The summed E-state index contributed by atoms with van der Waals surface area (Å²) in [5, 5.41) is 50.8. The number of carboxylic acid groups (broad SMARTS) is 1. The van der Waals surface area contributed by atoms with E-state index in [4.69, 9.17) is 9.47 Å². The molecule has 0 spiro atoms. The molecule has 0 saturated heterocycles. The number of phenolic OH excluding ortho intramolecular Hbond substituents is 4. The Morgan fingerprint density at radius 1 is 1.00 bits per heavy atom. The summed E-state index contributed by atoms with van der Waals surface area (Å²) in [5.41, 5.74) is 1.98. The van der Waals surface area contributed by atoms with Gasteiger partial charge in [-0.05, 0) is 58.3 Å². The van der Waals surface area contributed by atoms with E-state index in [0.717, 1.165) is 6.08 Å². The number of nitrogens with zero attached hydrogens (tertiary/aromatic N) is 1. The Labute approximate surface area is 209 Å². The molecular formula is C26H21NO10. The molecule has 0 fully saturated rings. The molecular weight excluding hydrogens is 486 g/mol. The van der Waals surface area contributed by atoms with Crippen molar-refractivity contribution in [3.8, 4) is 28.7 Å². The number of fused-ring (bicyclic) bond motifs is 1. The zero-order chi connectivity index (χ0) is 26.7. The third-order valence-corrected chi connectivity index (χ3v) is 5.79. The molecule has 0 amide bonds. The van der Waals surface area contributed by atoms with Gasteiger partial charge in [0.25, 0.3) is 0 Å². The molecule has 11 nitrogen and oxygen atoms in total. The number of carbonyl (C=O) groups is 2. The summed E-state index contributed by atoms with van der Waals surface area (Å²) < 4.78 is 11.0. The predicted octanol–water partition coefficient (Wildman–Crippen LogP) is 3.84. The quantitative estimate of drug-likeness (QED) is 0.130. The number of ether oxygens (including phenoxy) is 2. The van der Waals surface area contributed by atoms with Crippen molar-refractivity contribution in [1.82, 2.24) is 0 Å². The van der Waals surface area contributed by atoms with Crippen molar-refractivity contribution in [3.63, 3.8) is 0 Å². The van der Waals surface area contributed by atoms with Crippen LogP contribution in [-0.4, -0.2) is 43.6 Å². The van der Waals surface area contributed by atoms with Gasteiger partial charge in [0, 0.05) is 24.5 Å². The first-order valence-electron chi connectivity index (χ1n) is 11.0. The lowest BCUT2D eigenvalue weighted by molar-refractivity contribution is -0.160. The van der Waals surface area contributed by atoms with Gasteiger partial charge in [-0.15, -0.1) is 4.91 Å². The zero-order valence-corrected chi connectivity index (χ0v) is 19.1. The molecule has 5 N–H and O–H groups in total. The second-order valence-electron chi connectivity index (χ2n) is 8.26. The van der Waals surface area contributed by atoms with Crippen LogP contribution >= 0.6 is 0 Å². The number of benzene rings is 3. The van der Waals surface area contributed by atoms with Crippen LogP contribution in [0.25, 0.3) is 6.08 Å². The van der Waals surface area contributed by atoms with Gasteiger partial charge in [-0.25, -0.2) is 9.59 Å². The Hall–Kier alpha value is -5.06. The second kappa shape index (κ2) is 10.3. The number of aromatic hydroxyl groups is 4. The van der Waals surface area contributed by atoms with Gasteiger partial charge in [0.05, 0.1) is 0 Å². The second-order valence-corrected chi connectivity index (χ2v) is 8.26. The van der Waals surface area contributed by atoms with Gasteiger partial charge in [0.2, 0.25) is 6.10 Å². The van der Waals surface area contributed by atoms with Crippen molar-refractivity contribution in [1.29, 1.82) is 0 Å². The fraction of sp³-hybridized carbons (Fsp3) is 0.154. The molecule has 3 aromatic rings. The summed E-state index contributed by atoms with van der Waals surface area (Å²) in [5.74, 6) is -3.56. The van der Waals surface area contributed by atoms with Gasteiger partial charge in [0.1, 0.15) is 11.8 Å². The monoisotopic (exact) mass is 507 g/mol. The predicted molar refractivity (Wildman–Crippen MR) is 129 cm³/mol. The number of rotatable bonds is 8. The molecule has 1 aliphatic heterocycles. The Kier molecular flexibility index (Phi) is 6.96. The maximum absolute atomic E-state index is 12.4. The number of hydrogen-bond acceptors (Lipinski definition) is 10. The molecule has 190 valence electrons. The van der Waals surface area contributed by atoms with Gasteiger partial charge in [-0.3, -0.25) is 0 Å². The van der Waals surface area contributed by atoms with Crippen molar-refractivity contribution in [2.24, 2.45) is 5.18 Å². The number of esters is 1. The highest BCUT2D eigenvalue weighted by atomic mass is 16.6. The van der Waals surface area contributed by atoms with E-state index in [0.29, 0.717) is 22.3 Å². The van der Waals surface area contributed by atoms with E-state index in [2.05, 4.69) is 5.18 Å². The number of carboxylic acids is 1. The zero-order valence-electron chi connectivity index (χ0n) is 19.1. The number of carbonyl (C=O) groups excluding carboxylic acids is 1.